The van der Waals surface area contributed by atoms with Gasteiger partial charge < -0.3 is 24.5 Å². The Hall–Kier alpha value is -1.14. The SMILES string of the molecule is CO[C@H](C(=O)[O-])[C@H](OC)C(=O)O. The van der Waals surface area contributed by atoms with E-state index in [1.165, 1.54) is 0 Å². The van der Waals surface area contributed by atoms with Gasteiger partial charge in [0.15, 0.2) is 6.10 Å². The summed E-state index contributed by atoms with van der Waals surface area (Å²) in [5.41, 5.74) is 0. The quantitative estimate of drug-likeness (QED) is 0.514. The number of hydrogen-bond donors (Lipinski definition) is 1. The highest BCUT2D eigenvalue weighted by Gasteiger charge is 2.28. The van der Waals surface area contributed by atoms with Crippen molar-refractivity contribution < 1.29 is 29.3 Å². The summed E-state index contributed by atoms with van der Waals surface area (Å²) in [6.07, 6.45) is -3.13. The fraction of sp³-hybridized carbons (Fsp3) is 0.667. The van der Waals surface area contributed by atoms with E-state index in [0.717, 1.165) is 14.2 Å². The number of aliphatic carboxylic acids is 2. The molecule has 70 valence electrons. The Labute approximate surface area is 68.7 Å². The normalized spacial score (nSPS) is 15.2. The van der Waals surface area contributed by atoms with Crippen molar-refractivity contribution in [3.8, 4) is 0 Å². The fourth-order valence-electron chi connectivity index (χ4n) is 0.697. The summed E-state index contributed by atoms with van der Waals surface area (Å²) in [5.74, 6) is -3.03. The Morgan fingerprint density at radius 1 is 1.25 bits per heavy atom. The van der Waals surface area contributed by atoms with Crippen LogP contribution in [0, 0.1) is 0 Å². The maximum absolute atomic E-state index is 10.3. The van der Waals surface area contributed by atoms with Crippen LogP contribution in [-0.2, 0) is 19.1 Å². The van der Waals surface area contributed by atoms with Crippen LogP contribution in [0.3, 0.4) is 0 Å². The monoisotopic (exact) mass is 177 g/mol. The van der Waals surface area contributed by atoms with Crippen molar-refractivity contribution in [1.29, 1.82) is 0 Å². The predicted octanol–water partition coefficient (Wildman–Crippen LogP) is -2.15. The zero-order valence-electron chi connectivity index (χ0n) is 6.64. The molecule has 0 aliphatic carbocycles. The Morgan fingerprint density at radius 2 is 1.67 bits per heavy atom. The number of carboxylic acid groups (broad SMARTS) is 2. The number of carbonyl (C=O) groups is 2. The third-order valence-corrected chi connectivity index (χ3v) is 1.26. The van der Waals surface area contributed by atoms with Gasteiger partial charge in [-0.1, -0.05) is 0 Å². The standard InChI is InChI=1S/C6H10O6/c1-11-3(5(7)8)4(12-2)6(9)10/h3-4H,1-2H3,(H,7,8)(H,9,10)/p-1/t3-,4-/m0/s1. The van der Waals surface area contributed by atoms with Gasteiger partial charge in [0.1, 0.15) is 6.10 Å². The first kappa shape index (κ1) is 10.9. The van der Waals surface area contributed by atoms with E-state index in [2.05, 4.69) is 9.47 Å². The summed E-state index contributed by atoms with van der Waals surface area (Å²) < 4.78 is 8.74. The minimum absolute atomic E-state index is 1.06. The number of carboxylic acids is 2. The van der Waals surface area contributed by atoms with E-state index in [0.29, 0.717) is 0 Å². The van der Waals surface area contributed by atoms with E-state index in [9.17, 15) is 14.7 Å². The lowest BCUT2D eigenvalue weighted by molar-refractivity contribution is -0.319. The van der Waals surface area contributed by atoms with Crippen molar-refractivity contribution in [1.82, 2.24) is 0 Å². The van der Waals surface area contributed by atoms with Gasteiger partial charge >= 0.3 is 5.97 Å². The Bertz CT molecular complexity index is 157. The van der Waals surface area contributed by atoms with Crippen LogP contribution < -0.4 is 5.11 Å². The molecule has 0 rings (SSSR count). The van der Waals surface area contributed by atoms with E-state index in [-0.39, 0.29) is 0 Å². The zero-order valence-corrected chi connectivity index (χ0v) is 6.64. The third-order valence-electron chi connectivity index (χ3n) is 1.26. The summed E-state index contributed by atoms with van der Waals surface area (Å²) in [4.78, 5) is 20.6. The largest absolute Gasteiger partial charge is 0.547 e. The van der Waals surface area contributed by atoms with E-state index >= 15 is 0 Å². The first-order valence-corrected chi connectivity index (χ1v) is 3.03. The molecule has 1 N–H and O–H groups in total. The molecule has 0 aromatic rings. The molecule has 0 heterocycles. The molecule has 12 heavy (non-hydrogen) atoms. The average molecular weight is 177 g/mol. The highest BCUT2D eigenvalue weighted by molar-refractivity contribution is 5.82. The van der Waals surface area contributed by atoms with Crippen molar-refractivity contribution in [2.45, 2.75) is 12.2 Å². The predicted molar refractivity (Wildman–Crippen MR) is 34.2 cm³/mol. The van der Waals surface area contributed by atoms with Gasteiger partial charge in [0.2, 0.25) is 0 Å². The smallest absolute Gasteiger partial charge is 0.335 e. The second-order valence-electron chi connectivity index (χ2n) is 1.97. The molecule has 0 saturated carbocycles. The van der Waals surface area contributed by atoms with Gasteiger partial charge in [0.25, 0.3) is 0 Å². The highest BCUT2D eigenvalue weighted by Crippen LogP contribution is 2.01. The summed E-state index contributed by atoms with van der Waals surface area (Å²) in [6.45, 7) is 0. The summed E-state index contributed by atoms with van der Waals surface area (Å²) >= 11 is 0. The van der Waals surface area contributed by atoms with E-state index < -0.39 is 24.1 Å². The molecule has 0 fully saturated rings. The van der Waals surface area contributed by atoms with Gasteiger partial charge in [0, 0.05) is 14.2 Å². The number of ether oxygens (including phenoxy) is 2. The van der Waals surface area contributed by atoms with E-state index in [1.807, 2.05) is 0 Å². The number of methoxy groups -OCH3 is 2. The van der Waals surface area contributed by atoms with Gasteiger partial charge in [-0.25, -0.2) is 4.79 Å². The van der Waals surface area contributed by atoms with Crippen LogP contribution >= 0.6 is 0 Å². The van der Waals surface area contributed by atoms with Gasteiger partial charge in [-0.3, -0.25) is 0 Å². The molecule has 0 aromatic carbocycles. The number of carbonyl (C=O) groups excluding carboxylic acids is 1. The highest BCUT2D eigenvalue weighted by atomic mass is 16.6. The molecule has 0 radical (unpaired) electrons. The van der Waals surface area contributed by atoms with Crippen molar-refractivity contribution >= 4 is 11.9 Å². The molecule has 6 heteroatoms. The van der Waals surface area contributed by atoms with Crippen molar-refractivity contribution in [3.05, 3.63) is 0 Å². The Morgan fingerprint density at radius 3 is 1.75 bits per heavy atom. The van der Waals surface area contributed by atoms with Gasteiger partial charge in [-0.2, -0.15) is 0 Å². The summed E-state index contributed by atoms with van der Waals surface area (Å²) in [7, 11) is 2.14. The lowest BCUT2D eigenvalue weighted by Gasteiger charge is -2.21. The number of rotatable bonds is 5. The van der Waals surface area contributed by atoms with E-state index in [1.54, 1.807) is 0 Å². The van der Waals surface area contributed by atoms with Crippen LogP contribution in [0.25, 0.3) is 0 Å². The minimum Gasteiger partial charge on any atom is -0.547 e. The summed E-state index contributed by atoms with van der Waals surface area (Å²) in [5, 5.41) is 18.7. The van der Waals surface area contributed by atoms with Gasteiger partial charge in [-0.15, -0.1) is 0 Å². The molecule has 0 amide bonds. The van der Waals surface area contributed by atoms with Crippen molar-refractivity contribution in [3.63, 3.8) is 0 Å². The molecule has 0 spiro atoms. The van der Waals surface area contributed by atoms with Crippen LogP contribution in [0.2, 0.25) is 0 Å². The Balaban J connectivity index is 4.44. The third kappa shape index (κ3) is 2.48. The molecule has 6 nitrogen and oxygen atoms in total. The van der Waals surface area contributed by atoms with Crippen LogP contribution in [0.4, 0.5) is 0 Å². The maximum Gasteiger partial charge on any atom is 0.335 e. The summed E-state index contributed by atoms with van der Waals surface area (Å²) in [6, 6.07) is 0. The molecule has 0 saturated heterocycles. The minimum atomic E-state index is -1.62. The van der Waals surface area contributed by atoms with Crippen molar-refractivity contribution in [2.75, 3.05) is 14.2 Å². The fourth-order valence-corrected chi connectivity index (χ4v) is 0.697. The van der Waals surface area contributed by atoms with Crippen LogP contribution in [0.5, 0.6) is 0 Å². The van der Waals surface area contributed by atoms with Crippen LogP contribution in [0.1, 0.15) is 0 Å². The maximum atomic E-state index is 10.3. The average Bonchev–Trinajstić information content (AvgIpc) is 1.98. The van der Waals surface area contributed by atoms with Gasteiger partial charge in [-0.05, 0) is 0 Å². The molecule has 2 atom stereocenters. The lowest BCUT2D eigenvalue weighted by atomic mass is 10.2. The van der Waals surface area contributed by atoms with Crippen LogP contribution in [-0.4, -0.2) is 43.5 Å². The Kier molecular flexibility index (Phi) is 4.24. The molecule has 0 aliphatic heterocycles. The molecule has 0 unspecified atom stereocenters. The molecule has 0 aliphatic rings. The molecule has 0 aromatic heterocycles. The van der Waals surface area contributed by atoms with Gasteiger partial charge in [0.05, 0.1) is 5.97 Å². The van der Waals surface area contributed by atoms with Crippen LogP contribution in [0.15, 0.2) is 0 Å². The second-order valence-corrected chi connectivity index (χ2v) is 1.97. The topological polar surface area (TPSA) is 95.9 Å². The first-order valence-electron chi connectivity index (χ1n) is 3.03. The lowest BCUT2D eigenvalue weighted by Crippen LogP contribution is -2.48. The molecular weight excluding hydrogens is 168 g/mol. The number of hydrogen-bond acceptors (Lipinski definition) is 5. The zero-order chi connectivity index (χ0) is 9.72. The molecule has 0 bridgehead atoms. The molecular formula is C6H9O6-. The first-order chi connectivity index (χ1) is 5.54. The van der Waals surface area contributed by atoms with E-state index in [4.69, 9.17) is 5.11 Å². The van der Waals surface area contributed by atoms with Crippen molar-refractivity contribution in [2.24, 2.45) is 0 Å². The second kappa shape index (κ2) is 4.68.